The molecule has 31 heavy (non-hydrogen) atoms. The number of nitrogens with zero attached hydrogens (tertiary/aromatic N) is 1. The second-order valence-electron chi connectivity index (χ2n) is 7.70. The molecule has 0 fully saturated rings. The summed E-state index contributed by atoms with van der Waals surface area (Å²) >= 11 is 1.69. The summed E-state index contributed by atoms with van der Waals surface area (Å²) in [5.41, 5.74) is 3.40. The summed E-state index contributed by atoms with van der Waals surface area (Å²) in [6.45, 7) is 5.09. The SMILES string of the molecule is CCN1CCc2c(sc3c2C(=O)N[C@@H](c2ccc(OC(=O)c4ccccc4)cc2)N3)C1. The highest BCUT2D eigenvalue weighted by molar-refractivity contribution is 7.16. The van der Waals surface area contributed by atoms with Crippen LogP contribution in [0.5, 0.6) is 5.75 Å². The largest absolute Gasteiger partial charge is 0.423 e. The summed E-state index contributed by atoms with van der Waals surface area (Å²) in [5, 5.41) is 7.49. The summed E-state index contributed by atoms with van der Waals surface area (Å²) in [6, 6.07) is 16.1. The summed E-state index contributed by atoms with van der Waals surface area (Å²) < 4.78 is 5.45. The van der Waals surface area contributed by atoms with E-state index in [1.54, 1.807) is 47.7 Å². The first-order valence-electron chi connectivity index (χ1n) is 10.4. The Labute approximate surface area is 184 Å². The fourth-order valence-electron chi connectivity index (χ4n) is 4.07. The van der Waals surface area contributed by atoms with E-state index in [1.807, 2.05) is 18.2 Å². The van der Waals surface area contributed by atoms with Gasteiger partial charge in [-0.3, -0.25) is 9.69 Å². The molecule has 1 amide bonds. The van der Waals surface area contributed by atoms with E-state index in [4.69, 9.17) is 4.74 Å². The van der Waals surface area contributed by atoms with Crippen LogP contribution in [0.4, 0.5) is 5.00 Å². The number of fused-ring (bicyclic) bond motifs is 3. The summed E-state index contributed by atoms with van der Waals surface area (Å²) in [5.74, 6) is 0.0415. The normalized spacial score (nSPS) is 17.8. The van der Waals surface area contributed by atoms with Gasteiger partial charge in [0.25, 0.3) is 5.91 Å². The first-order valence-corrected chi connectivity index (χ1v) is 11.3. The van der Waals surface area contributed by atoms with Crippen LogP contribution >= 0.6 is 11.3 Å². The monoisotopic (exact) mass is 433 g/mol. The number of hydrogen-bond acceptors (Lipinski definition) is 6. The molecule has 2 N–H and O–H groups in total. The maximum atomic E-state index is 12.9. The number of anilines is 1. The van der Waals surface area contributed by atoms with Crippen LogP contribution in [0.1, 0.15) is 49.8 Å². The van der Waals surface area contributed by atoms with Gasteiger partial charge in [0, 0.05) is 18.0 Å². The molecule has 158 valence electrons. The van der Waals surface area contributed by atoms with Gasteiger partial charge < -0.3 is 15.4 Å². The number of amides is 1. The average molecular weight is 434 g/mol. The molecule has 0 aliphatic carbocycles. The van der Waals surface area contributed by atoms with Crippen molar-refractivity contribution in [2.24, 2.45) is 0 Å². The lowest BCUT2D eigenvalue weighted by Gasteiger charge is -2.28. The molecule has 5 rings (SSSR count). The van der Waals surface area contributed by atoms with Gasteiger partial charge >= 0.3 is 5.97 Å². The molecule has 0 bridgehead atoms. The van der Waals surface area contributed by atoms with Crippen LogP contribution in [0.3, 0.4) is 0 Å². The van der Waals surface area contributed by atoms with Crippen molar-refractivity contribution in [1.82, 2.24) is 10.2 Å². The number of thiophene rings is 1. The van der Waals surface area contributed by atoms with E-state index in [0.717, 1.165) is 42.2 Å². The molecule has 3 heterocycles. The molecule has 6 nitrogen and oxygen atoms in total. The highest BCUT2D eigenvalue weighted by Gasteiger charge is 2.33. The van der Waals surface area contributed by atoms with Gasteiger partial charge in [-0.25, -0.2) is 4.79 Å². The highest BCUT2D eigenvalue weighted by atomic mass is 32.1. The molecule has 2 aromatic carbocycles. The Morgan fingerprint density at radius 2 is 1.90 bits per heavy atom. The Kier molecular flexibility index (Phi) is 5.21. The molecule has 0 unspecified atom stereocenters. The van der Waals surface area contributed by atoms with Crippen molar-refractivity contribution in [3.63, 3.8) is 0 Å². The lowest BCUT2D eigenvalue weighted by atomic mass is 10.0. The summed E-state index contributed by atoms with van der Waals surface area (Å²) in [6.07, 6.45) is 0.595. The molecular formula is C24H23N3O3S. The van der Waals surface area contributed by atoms with Gasteiger partial charge in [0.1, 0.15) is 16.9 Å². The molecule has 0 saturated carbocycles. The number of nitrogens with one attached hydrogen (secondary N) is 2. The fraction of sp³-hybridized carbons (Fsp3) is 0.250. The van der Waals surface area contributed by atoms with Crippen molar-refractivity contribution in [3.8, 4) is 5.75 Å². The molecule has 1 aromatic heterocycles. The van der Waals surface area contributed by atoms with E-state index in [-0.39, 0.29) is 12.1 Å². The van der Waals surface area contributed by atoms with Gasteiger partial charge in [-0.05, 0) is 48.4 Å². The van der Waals surface area contributed by atoms with Gasteiger partial charge in [0.05, 0.1) is 11.1 Å². The van der Waals surface area contributed by atoms with Gasteiger partial charge in [0.15, 0.2) is 0 Å². The molecule has 0 saturated heterocycles. The van der Waals surface area contributed by atoms with Gasteiger partial charge in [-0.15, -0.1) is 11.3 Å². The third kappa shape index (κ3) is 3.82. The minimum absolute atomic E-state index is 0.0271. The molecule has 0 radical (unpaired) electrons. The van der Waals surface area contributed by atoms with Crippen molar-refractivity contribution in [1.29, 1.82) is 0 Å². The summed E-state index contributed by atoms with van der Waals surface area (Å²) in [4.78, 5) is 28.8. The Morgan fingerprint density at radius 1 is 1.13 bits per heavy atom. The van der Waals surface area contributed by atoms with E-state index < -0.39 is 5.97 Å². The van der Waals surface area contributed by atoms with Gasteiger partial charge in [0.2, 0.25) is 0 Å². The zero-order valence-electron chi connectivity index (χ0n) is 17.2. The van der Waals surface area contributed by atoms with Crippen molar-refractivity contribution in [3.05, 3.63) is 81.7 Å². The molecule has 0 spiro atoms. The number of carbonyl (C=O) groups is 2. The van der Waals surface area contributed by atoms with Crippen LogP contribution in [0, 0.1) is 0 Å². The van der Waals surface area contributed by atoms with Crippen LogP contribution in [0.2, 0.25) is 0 Å². The minimum Gasteiger partial charge on any atom is -0.423 e. The van der Waals surface area contributed by atoms with E-state index >= 15 is 0 Å². The van der Waals surface area contributed by atoms with Crippen LogP contribution in [-0.2, 0) is 13.0 Å². The maximum Gasteiger partial charge on any atom is 0.343 e. The van der Waals surface area contributed by atoms with E-state index in [9.17, 15) is 9.59 Å². The van der Waals surface area contributed by atoms with Gasteiger partial charge in [-0.1, -0.05) is 37.3 Å². The van der Waals surface area contributed by atoms with Crippen molar-refractivity contribution < 1.29 is 14.3 Å². The topological polar surface area (TPSA) is 70.7 Å². The third-order valence-corrected chi connectivity index (χ3v) is 6.94. The first-order chi connectivity index (χ1) is 15.1. The second kappa shape index (κ2) is 8.17. The molecule has 7 heteroatoms. The van der Waals surface area contributed by atoms with Gasteiger partial charge in [-0.2, -0.15) is 0 Å². The van der Waals surface area contributed by atoms with Crippen LogP contribution in [-0.4, -0.2) is 29.9 Å². The number of esters is 1. The quantitative estimate of drug-likeness (QED) is 0.477. The molecular weight excluding hydrogens is 410 g/mol. The van der Waals surface area contributed by atoms with Crippen LogP contribution < -0.4 is 15.4 Å². The maximum absolute atomic E-state index is 12.9. The number of likely N-dealkylation sites (N-methyl/N-ethyl adjacent to an activating group) is 1. The molecule has 2 aliphatic rings. The lowest BCUT2D eigenvalue weighted by Crippen LogP contribution is -2.38. The predicted molar refractivity (Wildman–Crippen MR) is 121 cm³/mol. The Bertz CT molecular complexity index is 1120. The van der Waals surface area contributed by atoms with Crippen LogP contribution in [0.25, 0.3) is 0 Å². The zero-order valence-corrected chi connectivity index (χ0v) is 18.0. The Balaban J connectivity index is 1.31. The Hall–Kier alpha value is -3.16. The highest BCUT2D eigenvalue weighted by Crippen LogP contribution is 2.40. The van der Waals surface area contributed by atoms with E-state index in [0.29, 0.717) is 11.3 Å². The number of rotatable bonds is 4. The number of carbonyl (C=O) groups excluding carboxylic acids is 2. The first kappa shape index (κ1) is 19.8. The van der Waals surface area contributed by atoms with Crippen molar-refractivity contribution >= 4 is 28.2 Å². The fourth-order valence-corrected chi connectivity index (χ4v) is 5.39. The van der Waals surface area contributed by atoms with E-state index in [2.05, 4.69) is 22.5 Å². The Morgan fingerprint density at radius 3 is 2.65 bits per heavy atom. The third-order valence-electron chi connectivity index (χ3n) is 5.79. The predicted octanol–water partition coefficient (Wildman–Crippen LogP) is 4.20. The van der Waals surface area contributed by atoms with Crippen molar-refractivity contribution in [2.75, 3.05) is 18.4 Å². The lowest BCUT2D eigenvalue weighted by molar-refractivity contribution is 0.0734. The second-order valence-corrected chi connectivity index (χ2v) is 8.81. The zero-order chi connectivity index (χ0) is 21.4. The molecule has 2 aliphatic heterocycles. The smallest absolute Gasteiger partial charge is 0.343 e. The van der Waals surface area contributed by atoms with E-state index in [1.165, 1.54) is 10.4 Å². The average Bonchev–Trinajstić information content (AvgIpc) is 3.18. The molecule has 1 atom stereocenters. The molecule has 3 aromatic rings. The number of hydrogen-bond donors (Lipinski definition) is 2. The number of ether oxygens (including phenoxy) is 1. The van der Waals surface area contributed by atoms with Crippen LogP contribution in [0.15, 0.2) is 54.6 Å². The minimum atomic E-state index is -0.396. The standard InChI is InChI=1S/C24H23N3O3S/c1-2-27-13-12-18-19(14-27)31-23-20(18)22(28)25-21(26-23)15-8-10-17(11-9-15)30-24(29)16-6-4-3-5-7-16/h3-11,21,26H,2,12-14H2,1H3,(H,25,28)/t21-/m1/s1. The van der Waals surface area contributed by atoms with Crippen molar-refractivity contribution in [2.45, 2.75) is 26.1 Å². The number of benzene rings is 2. The summed E-state index contributed by atoms with van der Waals surface area (Å²) in [7, 11) is 0.